The predicted molar refractivity (Wildman–Crippen MR) is 177 cm³/mol. The van der Waals surface area contributed by atoms with Gasteiger partial charge in [0, 0.05) is 0 Å². The van der Waals surface area contributed by atoms with Gasteiger partial charge in [-0.2, -0.15) is 0 Å². The van der Waals surface area contributed by atoms with E-state index < -0.39 is 11.5 Å². The van der Waals surface area contributed by atoms with Crippen LogP contribution in [0.4, 0.5) is 0 Å². The molecule has 0 saturated carbocycles. The van der Waals surface area contributed by atoms with Crippen molar-refractivity contribution in [2.24, 2.45) is 0 Å². The first-order chi connectivity index (χ1) is 19.4. The average Bonchev–Trinajstić information content (AvgIpc) is 3.68. The minimum atomic E-state index is -5.48. The standard InChI is InChI=1S/2C9H7.2C6H5.2C4H9.H2Si.Ti/c2*1-2-5-9-7-3-6-8(9)4-1;2*1-2-4-6-5-3-1;2*1-3-4-2;;/h2*1-7H;2*1-5H;2*1,3-4H2,2H3;1H2;. The Bertz CT molecular complexity index is 1610. The van der Waals surface area contributed by atoms with Gasteiger partial charge in [-0.25, -0.2) is 0 Å². The van der Waals surface area contributed by atoms with Crippen LogP contribution in [0.1, 0.15) is 70.2 Å². The molecule has 40 heavy (non-hydrogen) atoms. The van der Waals surface area contributed by atoms with Gasteiger partial charge in [-0.15, -0.1) is 0 Å². The Morgan fingerprint density at radius 2 is 0.900 bits per heavy atom. The van der Waals surface area contributed by atoms with E-state index in [-0.39, 0.29) is 0 Å². The van der Waals surface area contributed by atoms with Crippen LogP contribution in [0, 0.1) is 0 Å². The van der Waals surface area contributed by atoms with Crippen molar-refractivity contribution in [3.05, 3.63) is 144 Å². The number of rotatable bonds is 10. The van der Waals surface area contributed by atoms with Crippen LogP contribution in [0.3, 0.4) is 0 Å². The molecule has 2 heteroatoms. The van der Waals surface area contributed by atoms with E-state index in [2.05, 4.69) is 155 Å². The van der Waals surface area contributed by atoms with Gasteiger partial charge in [-0.3, -0.25) is 0 Å². The van der Waals surface area contributed by atoms with Crippen LogP contribution >= 0.6 is 0 Å². The molecule has 6 rings (SSSR count). The van der Waals surface area contributed by atoms with E-state index in [9.17, 15) is 0 Å². The molecule has 0 aliphatic heterocycles. The van der Waals surface area contributed by atoms with Gasteiger partial charge in [0.05, 0.1) is 0 Å². The second-order valence-corrected chi connectivity index (χ2v) is 41.7. The first kappa shape index (κ1) is 27.5. The van der Waals surface area contributed by atoms with Crippen molar-refractivity contribution in [2.45, 2.75) is 57.4 Å². The molecule has 2 unspecified atom stereocenters. The van der Waals surface area contributed by atoms with Crippen LogP contribution < -0.4 is 7.74 Å². The Hall–Kier alpha value is -2.71. The van der Waals surface area contributed by atoms with Crippen molar-refractivity contribution < 1.29 is 11.5 Å². The minimum absolute atomic E-state index is 0.316. The summed E-state index contributed by atoms with van der Waals surface area (Å²) in [5.74, 6) is 0. The molecule has 0 saturated heterocycles. The fourth-order valence-electron chi connectivity index (χ4n) is 10.5. The van der Waals surface area contributed by atoms with Crippen LogP contribution in [0.15, 0.2) is 121 Å². The topological polar surface area (TPSA) is 0 Å². The molecule has 0 aromatic heterocycles. The van der Waals surface area contributed by atoms with Gasteiger partial charge in [0.1, 0.15) is 0 Å². The maximum absolute atomic E-state index is 5.48. The normalized spacial score (nSPS) is 20.2. The van der Waals surface area contributed by atoms with Gasteiger partial charge >= 0.3 is 240 Å². The van der Waals surface area contributed by atoms with Crippen molar-refractivity contribution in [3.8, 4) is 0 Å². The van der Waals surface area contributed by atoms with Crippen LogP contribution in [0.2, 0.25) is 9.45 Å². The van der Waals surface area contributed by atoms with E-state index in [0.717, 1.165) is 0 Å². The van der Waals surface area contributed by atoms with Gasteiger partial charge in [0.25, 0.3) is 0 Å². The number of benzene rings is 4. The number of allylic oxidation sites excluding steroid dienone is 2. The van der Waals surface area contributed by atoms with Crippen molar-refractivity contribution in [2.75, 3.05) is 0 Å². The Labute approximate surface area is 238 Å². The quantitative estimate of drug-likeness (QED) is 0.165. The molecule has 0 amide bonds. The van der Waals surface area contributed by atoms with Gasteiger partial charge in [0.2, 0.25) is 0 Å². The average molecular weight is 577 g/mol. The molecule has 2 atom stereocenters. The Kier molecular flexibility index (Phi) is 6.28. The molecule has 0 N–H and O–H groups in total. The van der Waals surface area contributed by atoms with E-state index in [0.29, 0.717) is 8.45 Å². The van der Waals surface area contributed by atoms with Crippen LogP contribution in [-0.2, 0) is 11.5 Å². The van der Waals surface area contributed by atoms with Gasteiger partial charge in [-0.1, -0.05) is 0 Å². The van der Waals surface area contributed by atoms with E-state index >= 15 is 0 Å². The molecule has 2 aliphatic carbocycles. The summed E-state index contributed by atoms with van der Waals surface area (Å²) in [5.41, 5.74) is 5.87. The third kappa shape index (κ3) is 3.02. The summed E-state index contributed by atoms with van der Waals surface area (Å²) in [4.78, 5) is 0. The van der Waals surface area contributed by atoms with Crippen LogP contribution in [0.5, 0.6) is 0 Å². The molecule has 2 aliphatic rings. The van der Waals surface area contributed by atoms with Gasteiger partial charge in [-0.05, 0) is 0 Å². The second kappa shape index (κ2) is 9.15. The third-order valence-electron chi connectivity index (χ3n) is 12.5. The predicted octanol–water partition coefficient (Wildman–Crippen LogP) is 8.92. The summed E-state index contributed by atoms with van der Waals surface area (Å²) >= 11 is -5.48. The molecule has 204 valence electrons. The molecule has 0 spiro atoms. The molecular weight excluding hydrogens is 532 g/mol. The molecule has 4 aromatic rings. The van der Waals surface area contributed by atoms with Crippen LogP contribution in [0.25, 0.3) is 12.2 Å². The molecule has 0 bridgehead atoms. The molecule has 0 nitrogen and oxygen atoms in total. The zero-order valence-corrected chi connectivity index (χ0v) is 27.3. The number of hydrogen-bond donors (Lipinski definition) is 0. The first-order valence-electron chi connectivity index (χ1n) is 15.5. The third-order valence-corrected chi connectivity index (χ3v) is 45.7. The fourth-order valence-corrected chi connectivity index (χ4v) is 41.5. The Morgan fingerprint density at radius 1 is 0.525 bits per heavy atom. The van der Waals surface area contributed by atoms with E-state index in [4.69, 9.17) is 0 Å². The van der Waals surface area contributed by atoms with Crippen LogP contribution in [-0.4, -0.2) is 7.63 Å². The zero-order chi connectivity index (χ0) is 27.8. The molecular formula is C38H44SiTi. The van der Waals surface area contributed by atoms with Crippen molar-refractivity contribution in [1.29, 1.82) is 0 Å². The molecule has 4 aromatic carbocycles. The monoisotopic (exact) mass is 576 g/mol. The summed E-state index contributed by atoms with van der Waals surface area (Å²) in [5, 5.41) is 0. The Balaban J connectivity index is 1.99. The van der Waals surface area contributed by atoms with E-state index in [1.54, 1.807) is 7.74 Å². The zero-order valence-electron chi connectivity index (χ0n) is 24.3. The first-order valence-corrected chi connectivity index (χ1v) is 25.1. The summed E-state index contributed by atoms with van der Waals surface area (Å²) in [7, 11) is 2.57. The summed E-state index contributed by atoms with van der Waals surface area (Å²) in [6.45, 7) is 4.79. The van der Waals surface area contributed by atoms with Crippen molar-refractivity contribution >= 4 is 27.5 Å². The summed E-state index contributed by atoms with van der Waals surface area (Å²) in [6, 6.07) is 42.7. The van der Waals surface area contributed by atoms with E-state index in [1.807, 2.05) is 0 Å². The molecule has 0 heterocycles. The SMILES string of the molecule is CCC[CH2][Ti](=[SiH2])([CH2]CCC)([c]1ccccc1)([c]1ccccc1)([CH]1C=Cc2ccccc21)[CH]1C=Cc2ccccc21. The number of hydrogen-bond acceptors (Lipinski definition) is 0. The number of fused-ring (bicyclic) bond motifs is 2. The maximum atomic E-state index is 2.67. The fraction of sp³-hybridized carbons (Fsp3) is 0.263. The summed E-state index contributed by atoms with van der Waals surface area (Å²) in [6.07, 6.45) is 15.1. The molecule has 0 radical (unpaired) electrons. The molecule has 0 fully saturated rings. The van der Waals surface area contributed by atoms with Gasteiger partial charge < -0.3 is 0 Å². The summed E-state index contributed by atoms with van der Waals surface area (Å²) < 4.78 is 6.35. The van der Waals surface area contributed by atoms with Gasteiger partial charge in [0.15, 0.2) is 0 Å². The number of unbranched alkanes of at least 4 members (excludes halogenated alkanes) is 2. The second-order valence-electron chi connectivity index (χ2n) is 13.8. The van der Waals surface area contributed by atoms with Crippen molar-refractivity contribution in [3.63, 3.8) is 0 Å². The van der Waals surface area contributed by atoms with Crippen molar-refractivity contribution in [1.82, 2.24) is 0 Å². The Morgan fingerprint density at radius 3 is 1.30 bits per heavy atom. The van der Waals surface area contributed by atoms with E-state index in [1.165, 1.54) is 57.4 Å².